The van der Waals surface area contributed by atoms with Gasteiger partial charge in [0.2, 0.25) is 5.95 Å². The van der Waals surface area contributed by atoms with Gasteiger partial charge in [-0.3, -0.25) is 0 Å². The maximum atomic E-state index is 11.7. The number of aromatic nitrogens is 4. The van der Waals surface area contributed by atoms with Crippen molar-refractivity contribution in [3.8, 4) is 0 Å². The molecule has 1 aliphatic heterocycles. The maximum Gasteiger partial charge on any atom is 0.337 e. The van der Waals surface area contributed by atoms with E-state index in [0.717, 1.165) is 60.7 Å². The molecule has 5 rings (SSSR count). The fourth-order valence-corrected chi connectivity index (χ4v) is 4.38. The Hall–Kier alpha value is -3.94. The Morgan fingerprint density at radius 1 is 0.912 bits per heavy atom. The molecule has 0 saturated carbocycles. The zero-order chi connectivity index (χ0) is 23.5. The highest BCUT2D eigenvalue weighted by Crippen LogP contribution is 2.28. The normalized spacial score (nSPS) is 13.9. The van der Waals surface area contributed by atoms with E-state index in [-0.39, 0.29) is 5.97 Å². The molecule has 1 aromatic carbocycles. The van der Waals surface area contributed by atoms with E-state index >= 15 is 0 Å². The molecule has 174 valence electrons. The second kappa shape index (κ2) is 9.51. The summed E-state index contributed by atoms with van der Waals surface area (Å²) in [5, 5.41) is 1.14. The maximum absolute atomic E-state index is 11.7. The van der Waals surface area contributed by atoms with Crippen molar-refractivity contribution in [2.75, 3.05) is 43.1 Å². The number of carbonyl (C=O) groups is 1. The highest BCUT2D eigenvalue weighted by molar-refractivity contribution is 5.91. The minimum absolute atomic E-state index is 0.325. The number of piperazine rings is 1. The van der Waals surface area contributed by atoms with Crippen LogP contribution in [-0.2, 0) is 17.7 Å². The average Bonchev–Trinajstić information content (AvgIpc) is 3.31. The van der Waals surface area contributed by atoms with Crippen LogP contribution < -0.4 is 9.80 Å². The summed E-state index contributed by atoms with van der Waals surface area (Å²) in [6, 6.07) is 11.7. The van der Waals surface area contributed by atoms with Crippen molar-refractivity contribution in [1.82, 2.24) is 19.5 Å². The van der Waals surface area contributed by atoms with E-state index in [2.05, 4.69) is 54.6 Å². The van der Waals surface area contributed by atoms with Crippen LogP contribution in [0.3, 0.4) is 0 Å². The van der Waals surface area contributed by atoms with Crippen LogP contribution in [-0.4, -0.2) is 58.8 Å². The van der Waals surface area contributed by atoms with Gasteiger partial charge in [0.25, 0.3) is 0 Å². The van der Waals surface area contributed by atoms with Crippen molar-refractivity contribution in [2.45, 2.75) is 19.9 Å². The first-order valence-electron chi connectivity index (χ1n) is 11.6. The number of nitrogens with zero attached hydrogens (tertiary/aromatic N) is 6. The molecule has 0 spiro atoms. The van der Waals surface area contributed by atoms with Crippen molar-refractivity contribution >= 4 is 28.6 Å². The molecule has 1 saturated heterocycles. The summed E-state index contributed by atoms with van der Waals surface area (Å²) in [6.45, 7) is 6.35. The minimum Gasteiger partial charge on any atom is -0.465 e. The van der Waals surface area contributed by atoms with Crippen LogP contribution in [0.15, 0.2) is 61.2 Å². The number of esters is 1. The Bertz CT molecular complexity index is 1280. The van der Waals surface area contributed by atoms with Gasteiger partial charge in [-0.1, -0.05) is 19.1 Å². The number of ether oxygens (including phenoxy) is 1. The fourth-order valence-electron chi connectivity index (χ4n) is 4.38. The Balaban J connectivity index is 1.30. The molecule has 1 fully saturated rings. The molecule has 0 radical (unpaired) electrons. The predicted octanol–water partition coefficient (Wildman–Crippen LogP) is 3.55. The number of hydrogen-bond acceptors (Lipinski definition) is 7. The number of fused-ring (bicyclic) bond motifs is 1. The van der Waals surface area contributed by atoms with Crippen LogP contribution in [0.5, 0.6) is 0 Å². The van der Waals surface area contributed by atoms with Gasteiger partial charge in [-0.05, 0) is 41.8 Å². The molecule has 8 heteroatoms. The number of anilines is 2. The average molecular weight is 457 g/mol. The van der Waals surface area contributed by atoms with Gasteiger partial charge in [-0.2, -0.15) is 0 Å². The molecular formula is C26H28N6O2. The highest BCUT2D eigenvalue weighted by atomic mass is 16.5. The smallest absolute Gasteiger partial charge is 0.337 e. The molecule has 0 amide bonds. The molecule has 0 aliphatic carbocycles. The molecular weight excluding hydrogens is 428 g/mol. The van der Waals surface area contributed by atoms with E-state index < -0.39 is 0 Å². The van der Waals surface area contributed by atoms with Crippen molar-refractivity contribution in [3.63, 3.8) is 0 Å². The topological polar surface area (TPSA) is 76.4 Å². The predicted molar refractivity (Wildman–Crippen MR) is 132 cm³/mol. The molecule has 8 nitrogen and oxygen atoms in total. The van der Waals surface area contributed by atoms with Gasteiger partial charge in [0.05, 0.1) is 12.7 Å². The zero-order valence-corrected chi connectivity index (χ0v) is 19.5. The number of aryl methyl sites for hydroxylation is 1. The molecule has 0 bridgehead atoms. The molecule has 4 heterocycles. The van der Waals surface area contributed by atoms with E-state index in [1.165, 1.54) is 12.8 Å². The summed E-state index contributed by atoms with van der Waals surface area (Å²) >= 11 is 0. The molecule has 0 atom stereocenters. The minimum atomic E-state index is -0.325. The number of pyridine rings is 1. The lowest BCUT2D eigenvalue weighted by molar-refractivity contribution is 0.0600. The van der Waals surface area contributed by atoms with Crippen molar-refractivity contribution in [2.24, 2.45) is 0 Å². The molecule has 34 heavy (non-hydrogen) atoms. The van der Waals surface area contributed by atoms with E-state index in [0.29, 0.717) is 12.1 Å². The summed E-state index contributed by atoms with van der Waals surface area (Å²) in [6.07, 6.45) is 8.76. The lowest BCUT2D eigenvalue weighted by Gasteiger charge is -2.36. The first-order valence-corrected chi connectivity index (χ1v) is 11.6. The third kappa shape index (κ3) is 4.31. The van der Waals surface area contributed by atoms with Gasteiger partial charge in [0.15, 0.2) is 0 Å². The number of rotatable bonds is 6. The van der Waals surface area contributed by atoms with Gasteiger partial charge in [-0.25, -0.2) is 19.7 Å². The first kappa shape index (κ1) is 21.9. The van der Waals surface area contributed by atoms with Crippen LogP contribution in [0.2, 0.25) is 0 Å². The Morgan fingerprint density at radius 2 is 1.62 bits per heavy atom. The van der Waals surface area contributed by atoms with E-state index in [4.69, 9.17) is 4.74 Å². The van der Waals surface area contributed by atoms with Crippen molar-refractivity contribution in [3.05, 3.63) is 77.9 Å². The van der Waals surface area contributed by atoms with Crippen molar-refractivity contribution < 1.29 is 9.53 Å². The quantitative estimate of drug-likeness (QED) is 0.411. The lowest BCUT2D eigenvalue weighted by atomic mass is 10.1. The third-order valence-corrected chi connectivity index (χ3v) is 6.37. The monoisotopic (exact) mass is 456 g/mol. The highest BCUT2D eigenvalue weighted by Gasteiger charge is 2.21. The summed E-state index contributed by atoms with van der Waals surface area (Å²) in [5.41, 5.74) is 4.96. The van der Waals surface area contributed by atoms with Crippen LogP contribution >= 0.6 is 0 Å². The number of carbonyl (C=O) groups excluding carboxylic acids is 1. The number of benzene rings is 1. The van der Waals surface area contributed by atoms with Gasteiger partial charge in [0.1, 0.15) is 5.65 Å². The third-order valence-electron chi connectivity index (χ3n) is 6.37. The van der Waals surface area contributed by atoms with E-state index in [9.17, 15) is 4.79 Å². The first-order chi connectivity index (χ1) is 16.7. The molecule has 3 aromatic heterocycles. The second-order valence-electron chi connectivity index (χ2n) is 8.42. The Morgan fingerprint density at radius 3 is 2.29 bits per heavy atom. The molecule has 0 unspecified atom stereocenters. The Labute approximate surface area is 198 Å². The fraction of sp³-hybridized carbons (Fsp3) is 0.308. The van der Waals surface area contributed by atoms with Gasteiger partial charge in [0, 0.05) is 68.6 Å². The molecule has 0 N–H and O–H groups in total. The number of methoxy groups -OCH3 is 1. The zero-order valence-electron chi connectivity index (χ0n) is 19.5. The summed E-state index contributed by atoms with van der Waals surface area (Å²) in [5.74, 6) is 0.481. The van der Waals surface area contributed by atoms with Crippen LogP contribution in [0.4, 0.5) is 11.6 Å². The lowest BCUT2D eigenvalue weighted by Crippen LogP contribution is -2.47. The second-order valence-corrected chi connectivity index (χ2v) is 8.42. The summed E-state index contributed by atoms with van der Waals surface area (Å²) in [4.78, 5) is 30.1. The van der Waals surface area contributed by atoms with Gasteiger partial charge < -0.3 is 19.1 Å². The molecule has 1 aliphatic rings. The SMILES string of the molecule is CCc1cnc(N2CCN(c3ccnc4c3ccn4Cc3ccc(C(=O)OC)cc3)CC2)nc1. The molecule has 4 aromatic rings. The van der Waals surface area contributed by atoms with Crippen LogP contribution in [0, 0.1) is 0 Å². The Kier molecular flexibility index (Phi) is 6.12. The number of hydrogen-bond donors (Lipinski definition) is 0. The van der Waals surface area contributed by atoms with Gasteiger partial charge in [-0.15, -0.1) is 0 Å². The van der Waals surface area contributed by atoms with Crippen molar-refractivity contribution in [1.29, 1.82) is 0 Å². The van der Waals surface area contributed by atoms with Crippen LogP contribution in [0.25, 0.3) is 11.0 Å². The van der Waals surface area contributed by atoms with Crippen LogP contribution in [0.1, 0.15) is 28.4 Å². The van der Waals surface area contributed by atoms with E-state index in [1.807, 2.05) is 30.7 Å². The van der Waals surface area contributed by atoms with Gasteiger partial charge >= 0.3 is 5.97 Å². The summed E-state index contributed by atoms with van der Waals surface area (Å²) in [7, 11) is 1.39. The summed E-state index contributed by atoms with van der Waals surface area (Å²) < 4.78 is 6.93. The largest absolute Gasteiger partial charge is 0.465 e. The van der Waals surface area contributed by atoms with E-state index in [1.54, 1.807) is 12.1 Å². The standard InChI is InChI=1S/C26H28N6O2/c1-3-19-16-28-26(29-17-19)31-14-12-30(13-15-31)23-8-10-27-24-22(23)9-11-32(24)18-20-4-6-21(7-5-20)25(33)34-2/h4-11,16-17H,3,12-15,18H2,1-2H3.